The molecular weight excluding hydrogens is 376 g/mol. The van der Waals surface area contributed by atoms with Gasteiger partial charge in [0.15, 0.2) is 0 Å². The van der Waals surface area contributed by atoms with Crippen LogP contribution in [0.4, 0.5) is 0 Å². The Bertz CT molecular complexity index is 836. The van der Waals surface area contributed by atoms with Crippen molar-refractivity contribution >= 4 is 0 Å². The number of para-hydroxylation sites is 2. The Hall–Kier alpha value is -2.93. The Morgan fingerprint density at radius 1 is 0.700 bits per heavy atom. The van der Waals surface area contributed by atoms with Crippen LogP contribution in [-0.2, 0) is 19.6 Å². The molecular formula is C24H30N4O2. The second-order valence-electron chi connectivity index (χ2n) is 7.21. The van der Waals surface area contributed by atoms with Crippen molar-refractivity contribution in [2.24, 2.45) is 0 Å². The van der Waals surface area contributed by atoms with Gasteiger partial charge in [-0.3, -0.25) is 9.88 Å². The molecule has 0 saturated heterocycles. The number of hydrogen-bond acceptors (Lipinski definition) is 6. The monoisotopic (exact) mass is 406 g/mol. The number of nitrogens with zero attached hydrogens (tertiary/aromatic N) is 2. The number of phenols is 2. The van der Waals surface area contributed by atoms with Crippen LogP contribution < -0.4 is 10.6 Å². The first-order valence-electron chi connectivity index (χ1n) is 10.3. The molecule has 0 aliphatic heterocycles. The molecule has 6 nitrogen and oxygen atoms in total. The van der Waals surface area contributed by atoms with E-state index in [4.69, 9.17) is 0 Å². The van der Waals surface area contributed by atoms with E-state index in [9.17, 15) is 10.2 Å². The maximum absolute atomic E-state index is 9.89. The lowest BCUT2D eigenvalue weighted by Gasteiger charge is -2.22. The molecule has 0 fully saturated rings. The molecule has 2 aromatic carbocycles. The van der Waals surface area contributed by atoms with E-state index in [0.717, 1.165) is 49.5 Å². The summed E-state index contributed by atoms with van der Waals surface area (Å²) in [4.78, 5) is 6.79. The van der Waals surface area contributed by atoms with Crippen molar-refractivity contribution < 1.29 is 10.2 Å². The predicted octanol–water partition coefficient (Wildman–Crippen LogP) is 2.87. The van der Waals surface area contributed by atoms with Gasteiger partial charge in [-0.15, -0.1) is 0 Å². The predicted molar refractivity (Wildman–Crippen MR) is 119 cm³/mol. The second kappa shape index (κ2) is 11.9. The highest BCUT2D eigenvalue weighted by atomic mass is 16.3. The zero-order valence-electron chi connectivity index (χ0n) is 17.2. The van der Waals surface area contributed by atoms with Gasteiger partial charge in [0, 0.05) is 63.1 Å². The quantitative estimate of drug-likeness (QED) is 0.346. The third-order valence-electron chi connectivity index (χ3n) is 4.94. The van der Waals surface area contributed by atoms with Crippen molar-refractivity contribution in [3.63, 3.8) is 0 Å². The normalized spacial score (nSPS) is 11.1. The smallest absolute Gasteiger partial charge is 0.120 e. The highest BCUT2D eigenvalue weighted by molar-refractivity contribution is 5.32. The van der Waals surface area contributed by atoms with E-state index in [1.165, 1.54) is 0 Å². The molecule has 0 bridgehead atoms. The van der Waals surface area contributed by atoms with Gasteiger partial charge >= 0.3 is 0 Å². The molecule has 4 N–H and O–H groups in total. The first-order valence-corrected chi connectivity index (χ1v) is 10.3. The fourth-order valence-electron chi connectivity index (χ4n) is 3.23. The number of aromatic nitrogens is 1. The summed E-state index contributed by atoms with van der Waals surface area (Å²) in [5.41, 5.74) is 2.84. The molecule has 1 aromatic heterocycles. The van der Waals surface area contributed by atoms with Crippen LogP contribution in [0.1, 0.15) is 16.8 Å². The van der Waals surface area contributed by atoms with Gasteiger partial charge in [0.2, 0.25) is 0 Å². The lowest BCUT2D eigenvalue weighted by molar-refractivity contribution is 0.261. The van der Waals surface area contributed by atoms with E-state index in [2.05, 4.69) is 20.5 Å². The molecule has 158 valence electrons. The number of phenolic OH excluding ortho intramolecular Hbond substituents is 2. The molecule has 6 heteroatoms. The Labute approximate surface area is 178 Å². The first kappa shape index (κ1) is 21.8. The van der Waals surface area contributed by atoms with Crippen molar-refractivity contribution in [1.82, 2.24) is 20.5 Å². The van der Waals surface area contributed by atoms with E-state index in [1.54, 1.807) is 12.1 Å². The van der Waals surface area contributed by atoms with Gasteiger partial charge in [-0.2, -0.15) is 0 Å². The second-order valence-corrected chi connectivity index (χ2v) is 7.21. The van der Waals surface area contributed by atoms with Gasteiger partial charge in [0.05, 0.1) is 5.69 Å². The third-order valence-corrected chi connectivity index (χ3v) is 4.94. The van der Waals surface area contributed by atoms with Crippen LogP contribution in [0.25, 0.3) is 0 Å². The maximum atomic E-state index is 9.89. The van der Waals surface area contributed by atoms with Gasteiger partial charge in [-0.05, 0) is 24.3 Å². The van der Waals surface area contributed by atoms with Crippen molar-refractivity contribution in [2.75, 3.05) is 26.2 Å². The number of hydrogen-bond donors (Lipinski definition) is 4. The number of rotatable bonds is 12. The summed E-state index contributed by atoms with van der Waals surface area (Å²) in [5, 5.41) is 26.6. The van der Waals surface area contributed by atoms with E-state index in [-0.39, 0.29) is 0 Å². The van der Waals surface area contributed by atoms with Crippen LogP contribution in [0, 0.1) is 0 Å². The first-order chi connectivity index (χ1) is 14.7. The Balaban J connectivity index is 1.46. The van der Waals surface area contributed by atoms with Crippen LogP contribution >= 0.6 is 0 Å². The Morgan fingerprint density at radius 2 is 1.23 bits per heavy atom. The molecule has 1 heterocycles. The third kappa shape index (κ3) is 7.15. The summed E-state index contributed by atoms with van der Waals surface area (Å²) in [6.45, 7) is 5.38. The van der Waals surface area contributed by atoms with Gasteiger partial charge < -0.3 is 20.8 Å². The minimum Gasteiger partial charge on any atom is -0.508 e. The Kier molecular flexibility index (Phi) is 8.65. The summed E-state index contributed by atoms with van der Waals surface area (Å²) in [7, 11) is 0. The zero-order valence-corrected chi connectivity index (χ0v) is 17.2. The van der Waals surface area contributed by atoms with Crippen molar-refractivity contribution in [3.05, 3.63) is 89.7 Å². The summed E-state index contributed by atoms with van der Waals surface area (Å²) in [5.74, 6) is 0.646. The van der Waals surface area contributed by atoms with Gasteiger partial charge in [-0.25, -0.2) is 0 Å². The molecule has 0 saturated carbocycles. The molecule has 30 heavy (non-hydrogen) atoms. The van der Waals surface area contributed by atoms with Crippen molar-refractivity contribution in [1.29, 1.82) is 0 Å². The van der Waals surface area contributed by atoms with Crippen LogP contribution in [0.15, 0.2) is 72.9 Å². The zero-order chi connectivity index (χ0) is 21.0. The van der Waals surface area contributed by atoms with Crippen LogP contribution in [0.3, 0.4) is 0 Å². The number of nitrogens with one attached hydrogen (secondary N) is 2. The highest BCUT2D eigenvalue weighted by Gasteiger charge is 2.08. The number of aromatic hydroxyl groups is 2. The number of pyridine rings is 1. The number of benzene rings is 2. The average molecular weight is 407 g/mol. The summed E-state index contributed by atoms with van der Waals surface area (Å²) < 4.78 is 0. The summed E-state index contributed by atoms with van der Waals surface area (Å²) in [6.07, 6.45) is 1.82. The highest BCUT2D eigenvalue weighted by Crippen LogP contribution is 2.15. The van der Waals surface area contributed by atoms with Crippen LogP contribution in [-0.4, -0.2) is 46.3 Å². The van der Waals surface area contributed by atoms with Gasteiger partial charge in [0.25, 0.3) is 0 Å². The van der Waals surface area contributed by atoms with E-state index in [0.29, 0.717) is 24.6 Å². The molecule has 0 aliphatic rings. The van der Waals surface area contributed by atoms with Crippen molar-refractivity contribution in [3.8, 4) is 11.5 Å². The molecule has 3 aromatic rings. The lowest BCUT2D eigenvalue weighted by Crippen LogP contribution is -2.36. The van der Waals surface area contributed by atoms with Crippen molar-refractivity contribution in [2.45, 2.75) is 19.6 Å². The van der Waals surface area contributed by atoms with Crippen LogP contribution in [0.5, 0.6) is 11.5 Å². The van der Waals surface area contributed by atoms with Gasteiger partial charge in [0.1, 0.15) is 11.5 Å². The maximum Gasteiger partial charge on any atom is 0.120 e. The standard InChI is InChI=1S/C24H30N4O2/c29-23-10-3-1-7-20(23)17-25-13-15-28(19-22-9-5-6-12-27-22)16-14-26-18-21-8-2-4-11-24(21)30/h1-12,25-26,29-30H,13-19H2. The topological polar surface area (TPSA) is 80.7 Å². The van der Waals surface area contributed by atoms with E-state index < -0.39 is 0 Å². The van der Waals surface area contributed by atoms with Gasteiger partial charge in [-0.1, -0.05) is 42.5 Å². The minimum absolute atomic E-state index is 0.323. The summed E-state index contributed by atoms with van der Waals surface area (Å²) >= 11 is 0. The lowest BCUT2D eigenvalue weighted by atomic mass is 10.2. The fourth-order valence-corrected chi connectivity index (χ4v) is 3.23. The molecule has 0 unspecified atom stereocenters. The molecule has 0 spiro atoms. The van der Waals surface area contributed by atoms with Crippen LogP contribution in [0.2, 0.25) is 0 Å². The molecule has 0 aliphatic carbocycles. The SMILES string of the molecule is Oc1ccccc1CNCCN(CCNCc1ccccc1O)Cc1ccccn1. The summed E-state index contributed by atoms with van der Waals surface area (Å²) in [6, 6.07) is 20.8. The van der Waals surface area contributed by atoms with E-state index >= 15 is 0 Å². The molecule has 0 radical (unpaired) electrons. The largest absolute Gasteiger partial charge is 0.508 e. The average Bonchev–Trinajstić information content (AvgIpc) is 2.77. The Morgan fingerprint density at radius 3 is 1.73 bits per heavy atom. The van der Waals surface area contributed by atoms with E-state index in [1.807, 2.05) is 60.8 Å². The fraction of sp³-hybridized carbons (Fsp3) is 0.292. The minimum atomic E-state index is 0.323. The molecule has 0 atom stereocenters. The molecule has 3 rings (SSSR count). The molecule has 0 amide bonds.